The molecule has 0 fully saturated rings. The van der Waals surface area contributed by atoms with Crippen molar-refractivity contribution in [2.45, 2.75) is 13.8 Å². The maximum atomic E-state index is 11.1. The largest absolute Gasteiger partial charge is 0.398 e. The summed E-state index contributed by atoms with van der Waals surface area (Å²) in [5.41, 5.74) is 9.10. The molecule has 0 aliphatic carbocycles. The topological polar surface area (TPSA) is 67.2 Å². The standard InChI is InChI=1S/C10H15N3O/c1-6-4-5-8(11)7(2)9(6)13-10(14)12-3/h4-5H,11H2,1-3H3,(H2,12,13,14). The van der Waals surface area contributed by atoms with E-state index in [1.807, 2.05) is 26.0 Å². The number of nitrogens with one attached hydrogen (secondary N) is 2. The van der Waals surface area contributed by atoms with Crippen molar-refractivity contribution in [2.24, 2.45) is 0 Å². The lowest BCUT2D eigenvalue weighted by molar-refractivity contribution is 0.254. The number of rotatable bonds is 1. The molecule has 0 heterocycles. The van der Waals surface area contributed by atoms with E-state index in [2.05, 4.69) is 10.6 Å². The molecule has 0 saturated heterocycles. The number of urea groups is 1. The van der Waals surface area contributed by atoms with Crippen molar-refractivity contribution in [1.29, 1.82) is 0 Å². The Morgan fingerprint density at radius 2 is 2.00 bits per heavy atom. The highest BCUT2D eigenvalue weighted by Crippen LogP contribution is 2.24. The first-order valence-corrected chi connectivity index (χ1v) is 4.40. The summed E-state index contributed by atoms with van der Waals surface area (Å²) in [4.78, 5) is 11.1. The minimum absolute atomic E-state index is 0.234. The maximum absolute atomic E-state index is 11.1. The molecule has 2 amide bonds. The van der Waals surface area contributed by atoms with Crippen molar-refractivity contribution in [2.75, 3.05) is 18.1 Å². The number of aryl methyl sites for hydroxylation is 1. The average molecular weight is 193 g/mol. The van der Waals surface area contributed by atoms with Crippen LogP contribution < -0.4 is 16.4 Å². The summed E-state index contributed by atoms with van der Waals surface area (Å²) in [6.07, 6.45) is 0. The predicted octanol–water partition coefficient (Wildman–Crippen LogP) is 1.64. The molecular weight excluding hydrogens is 178 g/mol. The molecule has 0 aliphatic rings. The Balaban J connectivity index is 3.06. The fourth-order valence-electron chi connectivity index (χ4n) is 1.23. The highest BCUT2D eigenvalue weighted by molar-refractivity contribution is 5.91. The van der Waals surface area contributed by atoms with E-state index in [0.717, 1.165) is 16.8 Å². The number of carbonyl (C=O) groups excluding carboxylic acids is 1. The quantitative estimate of drug-likeness (QED) is 0.593. The Bertz CT molecular complexity index is 361. The molecule has 4 N–H and O–H groups in total. The molecule has 14 heavy (non-hydrogen) atoms. The van der Waals surface area contributed by atoms with Gasteiger partial charge < -0.3 is 16.4 Å². The third-order valence-electron chi connectivity index (χ3n) is 2.18. The van der Waals surface area contributed by atoms with Gasteiger partial charge in [0.2, 0.25) is 0 Å². The molecular formula is C10H15N3O. The van der Waals surface area contributed by atoms with Crippen LogP contribution in [0.1, 0.15) is 11.1 Å². The Kier molecular flexibility index (Phi) is 2.96. The lowest BCUT2D eigenvalue weighted by Gasteiger charge is -2.12. The smallest absolute Gasteiger partial charge is 0.318 e. The number of anilines is 2. The highest BCUT2D eigenvalue weighted by atomic mass is 16.2. The summed E-state index contributed by atoms with van der Waals surface area (Å²) in [5, 5.41) is 5.24. The zero-order valence-corrected chi connectivity index (χ0v) is 8.64. The molecule has 1 aromatic carbocycles. The first kappa shape index (κ1) is 10.4. The number of carbonyl (C=O) groups is 1. The number of nitrogens with two attached hydrogens (primary N) is 1. The van der Waals surface area contributed by atoms with Crippen molar-refractivity contribution in [3.63, 3.8) is 0 Å². The molecule has 76 valence electrons. The molecule has 0 aliphatic heterocycles. The molecule has 0 spiro atoms. The predicted molar refractivity (Wildman–Crippen MR) is 58.4 cm³/mol. The number of benzene rings is 1. The van der Waals surface area contributed by atoms with E-state index in [4.69, 9.17) is 5.73 Å². The van der Waals surface area contributed by atoms with Crippen molar-refractivity contribution >= 4 is 17.4 Å². The van der Waals surface area contributed by atoms with E-state index in [-0.39, 0.29) is 6.03 Å². The first-order valence-electron chi connectivity index (χ1n) is 4.40. The Morgan fingerprint density at radius 3 is 2.57 bits per heavy atom. The van der Waals surface area contributed by atoms with Crippen LogP contribution in [0.4, 0.5) is 16.2 Å². The van der Waals surface area contributed by atoms with E-state index >= 15 is 0 Å². The summed E-state index contributed by atoms with van der Waals surface area (Å²) < 4.78 is 0. The monoisotopic (exact) mass is 193 g/mol. The summed E-state index contributed by atoms with van der Waals surface area (Å²) in [7, 11) is 1.58. The van der Waals surface area contributed by atoms with Gasteiger partial charge in [0.25, 0.3) is 0 Å². The summed E-state index contributed by atoms with van der Waals surface area (Å²) >= 11 is 0. The normalized spacial score (nSPS) is 9.64. The zero-order valence-electron chi connectivity index (χ0n) is 8.64. The van der Waals surface area contributed by atoms with Gasteiger partial charge in [-0.1, -0.05) is 6.07 Å². The van der Waals surface area contributed by atoms with Gasteiger partial charge in [-0.15, -0.1) is 0 Å². The van der Waals surface area contributed by atoms with Crippen LogP contribution >= 0.6 is 0 Å². The van der Waals surface area contributed by atoms with E-state index in [1.54, 1.807) is 7.05 Å². The van der Waals surface area contributed by atoms with Gasteiger partial charge in [0.1, 0.15) is 0 Å². The molecule has 0 atom stereocenters. The molecule has 1 rings (SSSR count). The van der Waals surface area contributed by atoms with Crippen LogP contribution in [0, 0.1) is 13.8 Å². The van der Waals surface area contributed by atoms with Crippen LogP contribution in [0.2, 0.25) is 0 Å². The minimum Gasteiger partial charge on any atom is -0.398 e. The average Bonchev–Trinajstić information content (AvgIpc) is 2.18. The number of hydrogen-bond donors (Lipinski definition) is 3. The van der Waals surface area contributed by atoms with Gasteiger partial charge in [-0.3, -0.25) is 0 Å². The van der Waals surface area contributed by atoms with Crippen LogP contribution in [-0.2, 0) is 0 Å². The molecule has 0 bridgehead atoms. The second-order valence-electron chi connectivity index (χ2n) is 3.18. The lowest BCUT2D eigenvalue weighted by atomic mass is 10.1. The van der Waals surface area contributed by atoms with Crippen LogP contribution in [0.25, 0.3) is 0 Å². The fraction of sp³-hybridized carbons (Fsp3) is 0.300. The molecule has 0 aromatic heterocycles. The molecule has 0 unspecified atom stereocenters. The van der Waals surface area contributed by atoms with E-state index in [0.29, 0.717) is 5.69 Å². The Morgan fingerprint density at radius 1 is 1.36 bits per heavy atom. The van der Waals surface area contributed by atoms with E-state index in [1.165, 1.54) is 0 Å². The van der Waals surface area contributed by atoms with Crippen LogP contribution in [0.3, 0.4) is 0 Å². The molecule has 1 aromatic rings. The summed E-state index contributed by atoms with van der Waals surface area (Å²) in [6.45, 7) is 3.81. The van der Waals surface area contributed by atoms with Crippen molar-refractivity contribution < 1.29 is 4.79 Å². The van der Waals surface area contributed by atoms with Crippen molar-refractivity contribution in [3.05, 3.63) is 23.3 Å². The highest BCUT2D eigenvalue weighted by Gasteiger charge is 2.07. The van der Waals surface area contributed by atoms with Gasteiger partial charge in [0.05, 0.1) is 5.69 Å². The van der Waals surface area contributed by atoms with Gasteiger partial charge in [0, 0.05) is 12.7 Å². The van der Waals surface area contributed by atoms with Gasteiger partial charge >= 0.3 is 6.03 Å². The van der Waals surface area contributed by atoms with Crippen molar-refractivity contribution in [3.8, 4) is 0 Å². The Labute approximate surface area is 83.5 Å². The summed E-state index contributed by atoms with van der Waals surface area (Å²) in [5.74, 6) is 0. The summed E-state index contributed by atoms with van der Waals surface area (Å²) in [6, 6.07) is 3.48. The third kappa shape index (κ3) is 1.96. The maximum Gasteiger partial charge on any atom is 0.318 e. The second kappa shape index (κ2) is 4.00. The first-order chi connectivity index (χ1) is 6.56. The fourth-order valence-corrected chi connectivity index (χ4v) is 1.23. The number of amides is 2. The van der Waals surface area contributed by atoms with Crippen LogP contribution in [-0.4, -0.2) is 13.1 Å². The SMILES string of the molecule is CNC(=O)Nc1c(C)ccc(N)c1C. The molecule has 4 heteroatoms. The van der Waals surface area contributed by atoms with Gasteiger partial charge in [-0.05, 0) is 31.0 Å². The molecule has 4 nitrogen and oxygen atoms in total. The van der Waals surface area contributed by atoms with Crippen LogP contribution in [0.5, 0.6) is 0 Å². The zero-order chi connectivity index (χ0) is 10.7. The molecule has 0 radical (unpaired) electrons. The van der Waals surface area contributed by atoms with Crippen LogP contribution in [0.15, 0.2) is 12.1 Å². The van der Waals surface area contributed by atoms with E-state index < -0.39 is 0 Å². The lowest BCUT2D eigenvalue weighted by Crippen LogP contribution is -2.25. The molecule has 0 saturated carbocycles. The third-order valence-corrected chi connectivity index (χ3v) is 2.18. The second-order valence-corrected chi connectivity index (χ2v) is 3.18. The number of hydrogen-bond acceptors (Lipinski definition) is 2. The Hall–Kier alpha value is -1.71. The van der Waals surface area contributed by atoms with Crippen molar-refractivity contribution in [1.82, 2.24) is 5.32 Å². The van der Waals surface area contributed by atoms with Gasteiger partial charge in [-0.2, -0.15) is 0 Å². The minimum atomic E-state index is -0.234. The van der Waals surface area contributed by atoms with E-state index in [9.17, 15) is 4.79 Å². The van der Waals surface area contributed by atoms with Gasteiger partial charge in [-0.25, -0.2) is 4.79 Å². The van der Waals surface area contributed by atoms with Gasteiger partial charge in [0.15, 0.2) is 0 Å². The number of nitrogen functional groups attached to an aromatic ring is 1.